The van der Waals surface area contributed by atoms with Crippen LogP contribution in [0.5, 0.6) is 5.75 Å². The van der Waals surface area contributed by atoms with Gasteiger partial charge in [-0.3, -0.25) is 9.59 Å². The van der Waals surface area contributed by atoms with Gasteiger partial charge in [-0.25, -0.2) is 0 Å². The molecule has 1 saturated heterocycles. The molecule has 26 heavy (non-hydrogen) atoms. The molecule has 2 amide bonds. The topological polar surface area (TPSA) is 60.9 Å². The second kappa shape index (κ2) is 7.68. The molecule has 0 spiro atoms. The normalized spacial score (nSPS) is 17.9. The minimum atomic E-state index is -0.112. The number of benzene rings is 1. The number of phenolic OH excluding ortho intramolecular Hbond substituents is 1. The number of hydrogen-bond donors (Lipinski definition) is 1. The molecule has 1 aliphatic heterocycles. The van der Waals surface area contributed by atoms with E-state index in [1.54, 1.807) is 15.9 Å². The van der Waals surface area contributed by atoms with Crippen LogP contribution in [0, 0.1) is 5.92 Å². The lowest BCUT2D eigenvalue weighted by Gasteiger charge is -2.34. The van der Waals surface area contributed by atoms with Crippen LogP contribution in [-0.2, 0) is 17.6 Å². The molecule has 5 nitrogen and oxygen atoms in total. The third-order valence-corrected chi connectivity index (χ3v) is 5.94. The van der Waals surface area contributed by atoms with Gasteiger partial charge < -0.3 is 14.9 Å². The maximum atomic E-state index is 12.9. The van der Waals surface area contributed by atoms with E-state index in [2.05, 4.69) is 0 Å². The van der Waals surface area contributed by atoms with Crippen LogP contribution in [0.3, 0.4) is 0 Å². The van der Waals surface area contributed by atoms with Crippen LogP contribution in [0.25, 0.3) is 0 Å². The Bertz CT molecular complexity index is 691. The number of hydrogen-bond acceptors (Lipinski definition) is 3. The molecule has 5 heteroatoms. The lowest BCUT2D eigenvalue weighted by molar-refractivity contribution is -0.137. The summed E-state index contributed by atoms with van der Waals surface area (Å²) in [6.07, 6.45) is 5.62. The Labute approximate surface area is 156 Å². The van der Waals surface area contributed by atoms with Crippen LogP contribution >= 0.6 is 0 Å². The van der Waals surface area contributed by atoms with E-state index in [9.17, 15) is 14.7 Å². The molecule has 0 saturated carbocycles. The molecule has 2 aliphatic rings. The van der Waals surface area contributed by atoms with Crippen molar-refractivity contribution in [3.63, 3.8) is 0 Å². The van der Waals surface area contributed by atoms with Gasteiger partial charge in [0.05, 0.1) is 5.56 Å². The molecule has 1 fully saturated rings. The fourth-order valence-corrected chi connectivity index (χ4v) is 3.99. The second-order valence-corrected chi connectivity index (χ2v) is 7.95. The Hall–Kier alpha value is -2.04. The van der Waals surface area contributed by atoms with E-state index in [0.29, 0.717) is 31.5 Å². The fraction of sp³-hybridized carbons (Fsp3) is 0.619. The van der Waals surface area contributed by atoms with Gasteiger partial charge >= 0.3 is 0 Å². The monoisotopic (exact) mass is 358 g/mol. The summed E-state index contributed by atoms with van der Waals surface area (Å²) in [5.74, 6) is 0.139. The summed E-state index contributed by atoms with van der Waals surface area (Å²) in [6, 6.07) is 3.85. The van der Waals surface area contributed by atoms with E-state index in [0.717, 1.165) is 25.7 Å². The summed E-state index contributed by atoms with van der Waals surface area (Å²) in [4.78, 5) is 28.9. The Kier molecular flexibility index (Phi) is 5.54. The smallest absolute Gasteiger partial charge is 0.257 e. The van der Waals surface area contributed by atoms with Crippen molar-refractivity contribution in [3.8, 4) is 5.75 Å². The molecular weight excluding hydrogens is 328 g/mol. The fourth-order valence-electron chi connectivity index (χ4n) is 3.99. The molecule has 1 aliphatic carbocycles. The Morgan fingerprint density at radius 2 is 1.69 bits per heavy atom. The molecule has 1 N–H and O–H groups in total. The molecule has 3 rings (SSSR count). The number of rotatable bonds is 3. The van der Waals surface area contributed by atoms with E-state index < -0.39 is 0 Å². The van der Waals surface area contributed by atoms with Gasteiger partial charge in [0, 0.05) is 32.1 Å². The highest BCUT2D eigenvalue weighted by molar-refractivity contribution is 5.97. The molecular formula is C21H30N2O3. The zero-order valence-corrected chi connectivity index (χ0v) is 16.1. The minimum absolute atomic E-state index is 0.0106. The second-order valence-electron chi connectivity index (χ2n) is 7.95. The molecule has 0 atom stereocenters. The van der Waals surface area contributed by atoms with Gasteiger partial charge in [-0.2, -0.15) is 0 Å². The number of amides is 2. The number of likely N-dealkylation sites (tertiary alicyclic amines) is 1. The summed E-state index contributed by atoms with van der Waals surface area (Å²) in [5, 5.41) is 10.3. The van der Waals surface area contributed by atoms with Crippen molar-refractivity contribution in [3.05, 3.63) is 28.8 Å². The van der Waals surface area contributed by atoms with Crippen molar-refractivity contribution >= 4 is 11.8 Å². The van der Waals surface area contributed by atoms with Crippen molar-refractivity contribution < 1.29 is 14.7 Å². The standard InChI is InChI=1S/C21H30N2O3/c1-14(2)22(3)20(25)15-8-10-23(11-9-15)21(26)18-12-16-6-4-5-7-17(16)13-19(18)24/h12-15,24H,4-11H2,1-3H3. The minimum Gasteiger partial charge on any atom is -0.507 e. The quantitative estimate of drug-likeness (QED) is 0.904. The van der Waals surface area contributed by atoms with Gasteiger partial charge in [-0.15, -0.1) is 0 Å². The average Bonchev–Trinajstić information content (AvgIpc) is 2.65. The maximum Gasteiger partial charge on any atom is 0.257 e. The Balaban J connectivity index is 1.66. The summed E-state index contributed by atoms with van der Waals surface area (Å²) >= 11 is 0. The molecule has 0 unspecified atom stereocenters. The lowest BCUT2D eigenvalue weighted by atomic mass is 9.89. The number of aryl methyl sites for hydroxylation is 2. The predicted octanol–water partition coefficient (Wildman–Crippen LogP) is 2.99. The molecule has 1 aromatic carbocycles. The molecule has 142 valence electrons. The van der Waals surface area contributed by atoms with Crippen LogP contribution < -0.4 is 0 Å². The third-order valence-electron chi connectivity index (χ3n) is 5.94. The van der Waals surface area contributed by atoms with Gasteiger partial charge in [-0.1, -0.05) is 0 Å². The van der Waals surface area contributed by atoms with Crippen LogP contribution in [0.4, 0.5) is 0 Å². The van der Waals surface area contributed by atoms with Crippen molar-refractivity contribution in [2.24, 2.45) is 5.92 Å². The van der Waals surface area contributed by atoms with Gasteiger partial charge in [0.1, 0.15) is 5.75 Å². The van der Waals surface area contributed by atoms with E-state index >= 15 is 0 Å². The van der Waals surface area contributed by atoms with Gasteiger partial charge in [0.2, 0.25) is 5.91 Å². The first-order valence-electron chi connectivity index (χ1n) is 9.79. The van der Waals surface area contributed by atoms with E-state index in [-0.39, 0.29) is 29.5 Å². The van der Waals surface area contributed by atoms with Crippen molar-refractivity contribution in [2.75, 3.05) is 20.1 Å². The number of nitrogens with zero attached hydrogens (tertiary/aromatic N) is 2. The first kappa shape index (κ1) is 18.7. The average molecular weight is 358 g/mol. The van der Waals surface area contributed by atoms with Crippen LogP contribution in [0.2, 0.25) is 0 Å². The van der Waals surface area contributed by atoms with Crippen LogP contribution in [0.15, 0.2) is 12.1 Å². The number of carbonyl (C=O) groups is 2. The first-order valence-corrected chi connectivity index (χ1v) is 9.79. The van der Waals surface area contributed by atoms with Gasteiger partial charge in [-0.05, 0) is 75.6 Å². The number of carbonyl (C=O) groups excluding carboxylic acids is 2. The Morgan fingerprint density at radius 1 is 1.12 bits per heavy atom. The number of fused-ring (bicyclic) bond motifs is 1. The zero-order chi connectivity index (χ0) is 18.8. The lowest BCUT2D eigenvalue weighted by Crippen LogP contribution is -2.45. The van der Waals surface area contributed by atoms with Gasteiger partial charge in [0.15, 0.2) is 0 Å². The summed E-state index contributed by atoms with van der Waals surface area (Å²) in [7, 11) is 1.84. The zero-order valence-electron chi connectivity index (χ0n) is 16.1. The molecule has 1 heterocycles. The highest BCUT2D eigenvalue weighted by Crippen LogP contribution is 2.30. The number of piperidine rings is 1. The van der Waals surface area contributed by atoms with Crippen molar-refractivity contribution in [2.45, 2.75) is 58.4 Å². The summed E-state index contributed by atoms with van der Waals surface area (Å²) < 4.78 is 0. The SMILES string of the molecule is CC(C)N(C)C(=O)C1CCN(C(=O)c2cc3c(cc2O)CCCC3)CC1. The molecule has 1 aromatic rings. The number of phenols is 1. The highest BCUT2D eigenvalue weighted by atomic mass is 16.3. The van der Waals surface area contributed by atoms with Crippen LogP contribution in [-0.4, -0.2) is 52.9 Å². The van der Waals surface area contributed by atoms with E-state index in [1.165, 1.54) is 11.1 Å². The van der Waals surface area contributed by atoms with E-state index in [1.807, 2.05) is 27.0 Å². The summed E-state index contributed by atoms with van der Waals surface area (Å²) in [6.45, 7) is 5.15. The maximum absolute atomic E-state index is 12.9. The van der Waals surface area contributed by atoms with Crippen LogP contribution in [0.1, 0.15) is 61.0 Å². The van der Waals surface area contributed by atoms with E-state index in [4.69, 9.17) is 0 Å². The van der Waals surface area contributed by atoms with Crippen molar-refractivity contribution in [1.29, 1.82) is 0 Å². The molecule has 0 radical (unpaired) electrons. The van der Waals surface area contributed by atoms with Gasteiger partial charge in [0.25, 0.3) is 5.91 Å². The van der Waals surface area contributed by atoms with Crippen molar-refractivity contribution in [1.82, 2.24) is 9.80 Å². The summed E-state index contributed by atoms with van der Waals surface area (Å²) in [5.41, 5.74) is 2.78. The first-order chi connectivity index (χ1) is 12.4. The molecule has 0 aromatic heterocycles. The predicted molar refractivity (Wildman–Crippen MR) is 101 cm³/mol. The Morgan fingerprint density at radius 3 is 2.27 bits per heavy atom. The highest BCUT2D eigenvalue weighted by Gasteiger charge is 2.31. The molecule has 0 bridgehead atoms. The largest absolute Gasteiger partial charge is 0.507 e. The third kappa shape index (κ3) is 3.71. The number of aromatic hydroxyl groups is 1.